The Morgan fingerprint density at radius 1 is 1.28 bits per heavy atom. The van der Waals surface area contributed by atoms with E-state index in [1.54, 1.807) is 0 Å². The number of ether oxygens (including phenoxy) is 1. The van der Waals surface area contributed by atoms with E-state index in [1.807, 2.05) is 0 Å². The van der Waals surface area contributed by atoms with Crippen molar-refractivity contribution in [2.45, 2.75) is 58.3 Å². The van der Waals surface area contributed by atoms with Gasteiger partial charge in [0.25, 0.3) is 0 Å². The molecule has 0 amide bonds. The van der Waals surface area contributed by atoms with E-state index in [-0.39, 0.29) is 5.97 Å². The van der Waals surface area contributed by atoms with E-state index in [2.05, 4.69) is 6.92 Å². The van der Waals surface area contributed by atoms with E-state index in [1.165, 1.54) is 44.1 Å². The van der Waals surface area contributed by atoms with Crippen LogP contribution in [0.5, 0.6) is 0 Å². The molecule has 1 fully saturated rings. The summed E-state index contributed by atoms with van der Waals surface area (Å²) in [5.41, 5.74) is 0. The van der Waals surface area contributed by atoms with Crippen LogP contribution < -0.4 is 0 Å². The van der Waals surface area contributed by atoms with Crippen LogP contribution in [-0.4, -0.2) is 24.9 Å². The van der Waals surface area contributed by atoms with E-state index in [0.717, 1.165) is 25.2 Å². The SMILES string of the molecule is CCCCSOC(=O)CCOCC1CCCCC1. The van der Waals surface area contributed by atoms with Crippen LogP contribution in [0.3, 0.4) is 0 Å². The molecule has 0 aromatic heterocycles. The zero-order chi connectivity index (χ0) is 13.1. The van der Waals surface area contributed by atoms with Crippen molar-refractivity contribution in [3.63, 3.8) is 0 Å². The van der Waals surface area contributed by atoms with Gasteiger partial charge in [-0.1, -0.05) is 32.6 Å². The average Bonchev–Trinajstić information content (AvgIpc) is 2.41. The molecule has 1 rings (SSSR count). The third-order valence-corrected chi connectivity index (χ3v) is 4.02. The van der Waals surface area contributed by atoms with E-state index in [9.17, 15) is 4.79 Å². The highest BCUT2D eigenvalue weighted by Crippen LogP contribution is 2.23. The maximum absolute atomic E-state index is 11.3. The van der Waals surface area contributed by atoms with Gasteiger partial charge in [-0.05, 0) is 25.2 Å². The number of rotatable bonds is 9. The second kappa shape index (κ2) is 10.7. The molecule has 0 atom stereocenters. The van der Waals surface area contributed by atoms with E-state index >= 15 is 0 Å². The van der Waals surface area contributed by atoms with E-state index in [4.69, 9.17) is 8.92 Å². The minimum absolute atomic E-state index is 0.153. The Hall–Kier alpha value is -0.220. The number of hydrogen-bond acceptors (Lipinski definition) is 4. The molecule has 106 valence electrons. The lowest BCUT2D eigenvalue weighted by Gasteiger charge is -2.21. The molecule has 0 aromatic carbocycles. The van der Waals surface area contributed by atoms with Crippen molar-refractivity contribution >= 4 is 18.0 Å². The quantitative estimate of drug-likeness (QED) is 0.471. The van der Waals surface area contributed by atoms with Gasteiger partial charge < -0.3 is 8.92 Å². The van der Waals surface area contributed by atoms with Crippen molar-refractivity contribution < 1.29 is 13.7 Å². The van der Waals surface area contributed by atoms with Gasteiger partial charge in [0, 0.05) is 12.4 Å². The van der Waals surface area contributed by atoms with Crippen LogP contribution in [0.4, 0.5) is 0 Å². The molecule has 0 aliphatic heterocycles. The van der Waals surface area contributed by atoms with Gasteiger partial charge in [0.2, 0.25) is 0 Å². The minimum atomic E-state index is -0.153. The van der Waals surface area contributed by atoms with Crippen molar-refractivity contribution in [2.75, 3.05) is 19.0 Å². The van der Waals surface area contributed by atoms with Crippen LogP contribution in [0.2, 0.25) is 0 Å². The zero-order valence-corrected chi connectivity index (χ0v) is 12.3. The van der Waals surface area contributed by atoms with E-state index < -0.39 is 0 Å². The summed E-state index contributed by atoms with van der Waals surface area (Å²) < 4.78 is 10.6. The van der Waals surface area contributed by atoms with Crippen molar-refractivity contribution in [3.05, 3.63) is 0 Å². The molecule has 0 radical (unpaired) electrons. The lowest BCUT2D eigenvalue weighted by atomic mass is 9.90. The Balaban J connectivity index is 1.88. The molecular formula is C14H26O3S. The van der Waals surface area contributed by atoms with Gasteiger partial charge in [-0.15, -0.1) is 0 Å². The van der Waals surface area contributed by atoms with Gasteiger partial charge in [-0.25, -0.2) is 0 Å². The van der Waals surface area contributed by atoms with E-state index in [0.29, 0.717) is 18.9 Å². The first-order chi connectivity index (χ1) is 8.83. The molecule has 3 nitrogen and oxygen atoms in total. The van der Waals surface area contributed by atoms with Crippen molar-refractivity contribution in [3.8, 4) is 0 Å². The smallest absolute Gasteiger partial charge is 0.320 e. The van der Waals surface area contributed by atoms with Crippen LogP contribution in [0.25, 0.3) is 0 Å². The highest BCUT2D eigenvalue weighted by Gasteiger charge is 2.13. The minimum Gasteiger partial charge on any atom is -0.391 e. The molecule has 0 aromatic rings. The molecule has 1 aliphatic rings. The summed E-state index contributed by atoms with van der Waals surface area (Å²) in [6.45, 7) is 3.45. The number of carbonyl (C=O) groups excluding carboxylic acids is 1. The van der Waals surface area contributed by atoms with Gasteiger partial charge >= 0.3 is 5.97 Å². The topological polar surface area (TPSA) is 35.5 Å². The van der Waals surface area contributed by atoms with Crippen molar-refractivity contribution in [1.82, 2.24) is 0 Å². The summed E-state index contributed by atoms with van der Waals surface area (Å²) in [7, 11) is 0. The van der Waals surface area contributed by atoms with Gasteiger partial charge in [0.1, 0.15) is 0 Å². The summed E-state index contributed by atoms with van der Waals surface area (Å²) in [6, 6.07) is 0. The van der Waals surface area contributed by atoms with Gasteiger partial charge in [-0.2, -0.15) is 0 Å². The number of carbonyl (C=O) groups is 1. The Bertz CT molecular complexity index is 215. The molecule has 1 aliphatic carbocycles. The lowest BCUT2D eigenvalue weighted by molar-refractivity contribution is -0.134. The monoisotopic (exact) mass is 274 g/mol. The predicted octanol–water partition coefficient (Wildman–Crippen LogP) is 3.96. The first-order valence-corrected chi connectivity index (χ1v) is 8.14. The highest BCUT2D eigenvalue weighted by atomic mass is 32.2. The van der Waals surface area contributed by atoms with Crippen molar-refractivity contribution in [2.24, 2.45) is 5.92 Å². The molecular weight excluding hydrogens is 248 g/mol. The summed E-state index contributed by atoms with van der Waals surface area (Å²) >= 11 is 1.27. The lowest BCUT2D eigenvalue weighted by Crippen LogP contribution is -2.15. The Kier molecular flexibility index (Phi) is 9.40. The molecule has 0 heterocycles. The first kappa shape index (κ1) is 15.8. The van der Waals surface area contributed by atoms with Crippen LogP contribution in [-0.2, 0) is 13.7 Å². The second-order valence-electron chi connectivity index (χ2n) is 4.96. The van der Waals surface area contributed by atoms with Gasteiger partial charge in [0.05, 0.1) is 25.1 Å². The zero-order valence-electron chi connectivity index (χ0n) is 11.5. The first-order valence-electron chi connectivity index (χ1n) is 7.23. The summed E-state index contributed by atoms with van der Waals surface area (Å²) in [4.78, 5) is 11.3. The standard InChI is InChI=1S/C14H26O3S/c1-2-3-11-18-17-14(15)9-10-16-12-13-7-5-4-6-8-13/h13H,2-12H2,1H3. The van der Waals surface area contributed by atoms with Crippen LogP contribution in [0.15, 0.2) is 0 Å². The predicted molar refractivity (Wildman–Crippen MR) is 75.5 cm³/mol. The second-order valence-corrected chi connectivity index (χ2v) is 5.77. The Labute approximate surface area is 115 Å². The van der Waals surface area contributed by atoms with Crippen molar-refractivity contribution in [1.29, 1.82) is 0 Å². The Morgan fingerprint density at radius 2 is 2.06 bits per heavy atom. The maximum Gasteiger partial charge on any atom is 0.320 e. The third kappa shape index (κ3) is 7.98. The maximum atomic E-state index is 11.3. The number of unbranched alkanes of at least 4 members (excludes halogenated alkanes) is 1. The molecule has 0 bridgehead atoms. The molecule has 0 spiro atoms. The summed E-state index contributed by atoms with van der Waals surface area (Å²) in [5.74, 6) is 1.46. The molecule has 18 heavy (non-hydrogen) atoms. The fourth-order valence-corrected chi connectivity index (χ4v) is 2.82. The average molecular weight is 274 g/mol. The van der Waals surface area contributed by atoms with Crippen LogP contribution in [0, 0.1) is 5.92 Å². The Morgan fingerprint density at radius 3 is 2.78 bits per heavy atom. The summed E-state index contributed by atoms with van der Waals surface area (Å²) in [6.07, 6.45) is 9.23. The normalized spacial score (nSPS) is 16.7. The largest absolute Gasteiger partial charge is 0.391 e. The van der Waals surface area contributed by atoms with Crippen LogP contribution >= 0.6 is 12.0 Å². The fraction of sp³-hybridized carbons (Fsp3) is 0.929. The highest BCUT2D eigenvalue weighted by molar-refractivity contribution is 7.95. The molecule has 0 N–H and O–H groups in total. The fourth-order valence-electron chi connectivity index (χ4n) is 2.11. The van der Waals surface area contributed by atoms with Gasteiger partial charge in [-0.3, -0.25) is 4.79 Å². The number of hydrogen-bond donors (Lipinski definition) is 0. The summed E-state index contributed by atoms with van der Waals surface area (Å²) in [5, 5.41) is 0. The molecule has 0 saturated heterocycles. The molecule has 4 heteroatoms. The molecule has 0 unspecified atom stereocenters. The molecule has 1 saturated carbocycles. The van der Waals surface area contributed by atoms with Crippen LogP contribution in [0.1, 0.15) is 58.3 Å². The van der Waals surface area contributed by atoms with Gasteiger partial charge in [0.15, 0.2) is 0 Å². The third-order valence-electron chi connectivity index (χ3n) is 3.26.